The van der Waals surface area contributed by atoms with Gasteiger partial charge in [-0.1, -0.05) is 24.3 Å². The highest BCUT2D eigenvalue weighted by Gasteiger charge is 2.23. The summed E-state index contributed by atoms with van der Waals surface area (Å²) in [5.41, 5.74) is 2.23. The van der Waals surface area contributed by atoms with Crippen LogP contribution < -0.4 is 4.74 Å². The number of carbonyl (C=O) groups is 1. The van der Waals surface area contributed by atoms with Crippen molar-refractivity contribution in [3.05, 3.63) is 59.7 Å². The van der Waals surface area contributed by atoms with E-state index in [1.54, 1.807) is 19.2 Å². The Kier molecular flexibility index (Phi) is 5.04. The summed E-state index contributed by atoms with van der Waals surface area (Å²) in [5.74, 6) is 1.72. The second-order valence-corrected chi connectivity index (χ2v) is 6.27. The number of phenolic OH excluding ortho intramolecular Hbond substituents is 1. The number of carbonyl (C=O) groups excluding carboxylic acids is 1. The molecule has 1 aliphatic heterocycles. The van der Waals surface area contributed by atoms with Crippen LogP contribution in [0.3, 0.4) is 0 Å². The van der Waals surface area contributed by atoms with Crippen molar-refractivity contribution >= 4 is 5.91 Å². The minimum absolute atomic E-state index is 0.174. The van der Waals surface area contributed by atoms with E-state index in [1.807, 2.05) is 41.3 Å². The lowest BCUT2D eigenvalue weighted by molar-refractivity contribution is -0.131. The van der Waals surface area contributed by atoms with E-state index in [-0.39, 0.29) is 5.91 Å². The summed E-state index contributed by atoms with van der Waals surface area (Å²) in [6, 6.07) is 15.1. The molecule has 1 aliphatic rings. The number of aromatic hydroxyl groups is 1. The molecule has 0 aromatic heterocycles. The number of piperidine rings is 1. The van der Waals surface area contributed by atoms with Crippen LogP contribution in [0.25, 0.3) is 0 Å². The first-order chi connectivity index (χ1) is 11.7. The minimum Gasteiger partial charge on any atom is -0.508 e. The molecule has 2 aromatic rings. The summed E-state index contributed by atoms with van der Waals surface area (Å²) in [7, 11) is 1.63. The molecule has 0 radical (unpaired) electrons. The number of methoxy groups -OCH3 is 1. The first-order valence-corrected chi connectivity index (χ1v) is 8.35. The normalized spacial score (nSPS) is 15.3. The Labute approximate surface area is 142 Å². The molecule has 3 rings (SSSR count). The van der Waals surface area contributed by atoms with Crippen molar-refractivity contribution in [2.24, 2.45) is 0 Å². The molecule has 2 aromatic carbocycles. The van der Waals surface area contributed by atoms with Crippen LogP contribution in [0.1, 0.15) is 29.9 Å². The van der Waals surface area contributed by atoms with Crippen molar-refractivity contribution in [3.63, 3.8) is 0 Å². The molecule has 1 fully saturated rings. The lowest BCUT2D eigenvalue weighted by atomic mass is 9.89. The van der Waals surface area contributed by atoms with Gasteiger partial charge in [0.2, 0.25) is 5.91 Å². The summed E-state index contributed by atoms with van der Waals surface area (Å²) in [4.78, 5) is 14.5. The van der Waals surface area contributed by atoms with Gasteiger partial charge in [-0.25, -0.2) is 0 Å². The summed E-state index contributed by atoms with van der Waals surface area (Å²) in [5, 5.41) is 9.39. The molecule has 4 heteroatoms. The fourth-order valence-corrected chi connectivity index (χ4v) is 3.28. The number of hydrogen-bond acceptors (Lipinski definition) is 3. The predicted octanol–water partition coefficient (Wildman–Crippen LogP) is 3.35. The molecule has 4 nitrogen and oxygen atoms in total. The van der Waals surface area contributed by atoms with Gasteiger partial charge in [0.25, 0.3) is 0 Å². The number of nitrogens with zero attached hydrogens (tertiary/aromatic N) is 1. The van der Waals surface area contributed by atoms with Crippen LogP contribution in [-0.2, 0) is 11.2 Å². The maximum atomic E-state index is 12.5. The monoisotopic (exact) mass is 325 g/mol. The van der Waals surface area contributed by atoms with E-state index >= 15 is 0 Å². The molecule has 0 unspecified atom stereocenters. The fourth-order valence-electron chi connectivity index (χ4n) is 3.28. The average molecular weight is 325 g/mol. The van der Waals surface area contributed by atoms with E-state index in [4.69, 9.17) is 4.74 Å². The summed E-state index contributed by atoms with van der Waals surface area (Å²) < 4.78 is 5.21. The van der Waals surface area contributed by atoms with Crippen molar-refractivity contribution in [3.8, 4) is 11.5 Å². The first-order valence-electron chi connectivity index (χ1n) is 8.35. The third kappa shape index (κ3) is 3.88. The van der Waals surface area contributed by atoms with E-state index in [0.717, 1.165) is 37.2 Å². The van der Waals surface area contributed by atoms with Gasteiger partial charge in [-0.2, -0.15) is 0 Å². The molecule has 0 bridgehead atoms. The molecule has 0 saturated carbocycles. The van der Waals surface area contributed by atoms with Gasteiger partial charge < -0.3 is 14.7 Å². The number of amides is 1. The molecule has 126 valence electrons. The Morgan fingerprint density at radius 2 is 1.88 bits per heavy atom. The van der Waals surface area contributed by atoms with Crippen molar-refractivity contribution in [2.75, 3.05) is 20.2 Å². The van der Waals surface area contributed by atoms with Crippen LogP contribution in [0.5, 0.6) is 11.5 Å². The van der Waals surface area contributed by atoms with Crippen molar-refractivity contribution in [1.82, 2.24) is 4.90 Å². The van der Waals surface area contributed by atoms with Crippen molar-refractivity contribution in [2.45, 2.75) is 25.2 Å². The molecule has 1 saturated heterocycles. The van der Waals surface area contributed by atoms with E-state index in [1.165, 1.54) is 5.56 Å². The van der Waals surface area contributed by atoms with Gasteiger partial charge in [-0.15, -0.1) is 0 Å². The highest BCUT2D eigenvalue weighted by atomic mass is 16.5. The Morgan fingerprint density at radius 3 is 2.54 bits per heavy atom. The van der Waals surface area contributed by atoms with Gasteiger partial charge in [-0.3, -0.25) is 4.79 Å². The molecule has 0 atom stereocenters. The minimum atomic E-state index is 0.174. The first kappa shape index (κ1) is 16.4. The number of hydrogen-bond donors (Lipinski definition) is 1. The zero-order valence-electron chi connectivity index (χ0n) is 13.9. The summed E-state index contributed by atoms with van der Waals surface area (Å²) >= 11 is 0. The number of ether oxygens (including phenoxy) is 1. The smallest absolute Gasteiger partial charge is 0.226 e. The third-order valence-corrected chi connectivity index (χ3v) is 4.70. The zero-order valence-corrected chi connectivity index (χ0v) is 13.9. The number of rotatable bonds is 4. The lowest BCUT2D eigenvalue weighted by Gasteiger charge is -2.32. The third-order valence-electron chi connectivity index (χ3n) is 4.70. The number of likely N-dealkylation sites (tertiary alicyclic amines) is 1. The fraction of sp³-hybridized carbons (Fsp3) is 0.350. The Hall–Kier alpha value is -2.49. The molecule has 1 amide bonds. The molecule has 0 aliphatic carbocycles. The molecule has 1 N–H and O–H groups in total. The van der Waals surface area contributed by atoms with Crippen molar-refractivity contribution in [1.29, 1.82) is 0 Å². The van der Waals surface area contributed by atoms with Crippen LogP contribution in [0, 0.1) is 0 Å². The van der Waals surface area contributed by atoms with E-state index in [0.29, 0.717) is 18.1 Å². The van der Waals surface area contributed by atoms with Gasteiger partial charge in [0.05, 0.1) is 13.5 Å². The zero-order chi connectivity index (χ0) is 16.9. The largest absolute Gasteiger partial charge is 0.508 e. The summed E-state index contributed by atoms with van der Waals surface area (Å²) in [6.45, 7) is 1.57. The predicted molar refractivity (Wildman–Crippen MR) is 93.4 cm³/mol. The van der Waals surface area contributed by atoms with Crippen LogP contribution >= 0.6 is 0 Å². The van der Waals surface area contributed by atoms with Crippen LogP contribution in [0.4, 0.5) is 0 Å². The molecule has 0 spiro atoms. The van der Waals surface area contributed by atoms with E-state index in [9.17, 15) is 9.90 Å². The maximum Gasteiger partial charge on any atom is 0.226 e. The van der Waals surface area contributed by atoms with Gasteiger partial charge in [-0.05, 0) is 54.2 Å². The topological polar surface area (TPSA) is 49.8 Å². The Bertz CT molecular complexity index is 688. The second kappa shape index (κ2) is 7.39. The van der Waals surface area contributed by atoms with Crippen LogP contribution in [0.2, 0.25) is 0 Å². The molecular formula is C20H23NO3. The second-order valence-electron chi connectivity index (χ2n) is 6.27. The molecule has 24 heavy (non-hydrogen) atoms. The van der Waals surface area contributed by atoms with Gasteiger partial charge in [0, 0.05) is 13.1 Å². The van der Waals surface area contributed by atoms with Gasteiger partial charge in [0.1, 0.15) is 11.5 Å². The standard InChI is InChI=1S/C20H23NO3/c1-24-19-4-2-3-15(13-19)14-20(23)21-11-9-17(10-12-21)16-5-7-18(22)8-6-16/h2-8,13,17,22H,9-12,14H2,1H3. The molecular weight excluding hydrogens is 302 g/mol. The molecule has 1 heterocycles. The van der Waals surface area contributed by atoms with E-state index < -0.39 is 0 Å². The highest BCUT2D eigenvalue weighted by Crippen LogP contribution is 2.29. The SMILES string of the molecule is COc1cccc(CC(=O)N2CCC(c3ccc(O)cc3)CC2)c1. The van der Waals surface area contributed by atoms with Gasteiger partial charge >= 0.3 is 0 Å². The summed E-state index contributed by atoms with van der Waals surface area (Å²) in [6.07, 6.45) is 2.35. The van der Waals surface area contributed by atoms with Crippen molar-refractivity contribution < 1.29 is 14.6 Å². The maximum absolute atomic E-state index is 12.5. The number of phenols is 1. The van der Waals surface area contributed by atoms with Crippen LogP contribution in [-0.4, -0.2) is 36.1 Å². The average Bonchev–Trinajstić information content (AvgIpc) is 2.62. The van der Waals surface area contributed by atoms with E-state index in [2.05, 4.69) is 0 Å². The van der Waals surface area contributed by atoms with Crippen LogP contribution in [0.15, 0.2) is 48.5 Å². The Balaban J connectivity index is 1.55. The Morgan fingerprint density at radius 1 is 1.17 bits per heavy atom. The quantitative estimate of drug-likeness (QED) is 0.938. The lowest BCUT2D eigenvalue weighted by Crippen LogP contribution is -2.38. The number of benzene rings is 2. The van der Waals surface area contributed by atoms with Gasteiger partial charge in [0.15, 0.2) is 0 Å². The highest BCUT2D eigenvalue weighted by molar-refractivity contribution is 5.79.